The van der Waals surface area contributed by atoms with Gasteiger partial charge in [0.25, 0.3) is 0 Å². The van der Waals surface area contributed by atoms with Gasteiger partial charge in [0.05, 0.1) is 0 Å². The Morgan fingerprint density at radius 2 is 1.55 bits per heavy atom. The summed E-state index contributed by atoms with van der Waals surface area (Å²) in [6, 6.07) is 17.4. The third kappa shape index (κ3) is 6.05. The summed E-state index contributed by atoms with van der Waals surface area (Å²) in [6.45, 7) is 6.33. The number of hydrogen-bond donors (Lipinski definition) is 2. The SMILES string of the molecule is CC(C)c1ccc(NC(N)=O)cc1.Cc1ccccc1. The number of urea groups is 1. The second-order valence-electron chi connectivity index (χ2n) is 4.92. The fourth-order valence-corrected chi connectivity index (χ4v) is 1.63. The van der Waals surface area contributed by atoms with Gasteiger partial charge in [0.1, 0.15) is 0 Å². The van der Waals surface area contributed by atoms with E-state index in [9.17, 15) is 4.79 Å². The van der Waals surface area contributed by atoms with Crippen molar-refractivity contribution >= 4 is 11.7 Å². The topological polar surface area (TPSA) is 55.1 Å². The van der Waals surface area contributed by atoms with E-state index in [0.717, 1.165) is 5.69 Å². The largest absolute Gasteiger partial charge is 0.351 e. The van der Waals surface area contributed by atoms with Gasteiger partial charge in [0.2, 0.25) is 0 Å². The Balaban J connectivity index is 0.000000240. The molecule has 0 aliphatic rings. The minimum absolute atomic E-state index is 0.502. The lowest BCUT2D eigenvalue weighted by atomic mass is 10.0. The van der Waals surface area contributed by atoms with Crippen molar-refractivity contribution in [1.29, 1.82) is 0 Å². The normalized spacial score (nSPS) is 9.60. The zero-order valence-corrected chi connectivity index (χ0v) is 12.3. The zero-order chi connectivity index (χ0) is 15.0. The van der Waals surface area contributed by atoms with Crippen LogP contribution in [0.2, 0.25) is 0 Å². The summed E-state index contributed by atoms with van der Waals surface area (Å²) in [5.41, 5.74) is 8.27. The van der Waals surface area contributed by atoms with Crippen molar-refractivity contribution in [2.75, 3.05) is 5.32 Å². The molecule has 2 aromatic rings. The molecule has 0 unspecified atom stereocenters. The van der Waals surface area contributed by atoms with Gasteiger partial charge in [-0.3, -0.25) is 0 Å². The average molecular weight is 270 g/mol. The molecule has 3 N–H and O–H groups in total. The lowest BCUT2D eigenvalue weighted by molar-refractivity contribution is 0.259. The van der Waals surface area contributed by atoms with Crippen LogP contribution in [0, 0.1) is 6.92 Å². The molecule has 2 rings (SSSR count). The van der Waals surface area contributed by atoms with Crippen molar-refractivity contribution in [3.05, 3.63) is 65.7 Å². The van der Waals surface area contributed by atoms with Gasteiger partial charge in [-0.15, -0.1) is 0 Å². The van der Waals surface area contributed by atoms with Crippen molar-refractivity contribution in [1.82, 2.24) is 0 Å². The van der Waals surface area contributed by atoms with Gasteiger partial charge in [-0.2, -0.15) is 0 Å². The molecular formula is C17H22N2O. The van der Waals surface area contributed by atoms with Gasteiger partial charge in [-0.25, -0.2) is 4.79 Å². The molecule has 0 saturated carbocycles. The molecule has 0 fully saturated rings. The van der Waals surface area contributed by atoms with Crippen molar-refractivity contribution in [3.8, 4) is 0 Å². The predicted molar refractivity (Wildman–Crippen MR) is 84.9 cm³/mol. The third-order valence-corrected chi connectivity index (χ3v) is 2.79. The van der Waals surface area contributed by atoms with Crippen LogP contribution in [0.25, 0.3) is 0 Å². The first kappa shape index (κ1) is 15.8. The highest BCUT2D eigenvalue weighted by Gasteiger charge is 1.99. The number of benzene rings is 2. The first-order chi connectivity index (χ1) is 9.49. The first-order valence-corrected chi connectivity index (χ1v) is 6.67. The number of nitrogens with one attached hydrogen (secondary N) is 1. The summed E-state index contributed by atoms with van der Waals surface area (Å²) >= 11 is 0. The fraction of sp³-hybridized carbons (Fsp3) is 0.235. The Bertz CT molecular complexity index is 518. The standard InChI is InChI=1S/C10H14N2O.C7H8/c1-7(2)8-3-5-9(6-4-8)12-10(11)13;1-7-5-3-2-4-6-7/h3-7H,1-2H3,(H3,11,12,13);2-6H,1H3. The van der Waals surface area contributed by atoms with Gasteiger partial charge in [0, 0.05) is 5.69 Å². The number of carbonyl (C=O) groups excluding carboxylic acids is 1. The van der Waals surface area contributed by atoms with Crippen LogP contribution in [-0.2, 0) is 0 Å². The molecule has 0 spiro atoms. The Hall–Kier alpha value is -2.29. The highest BCUT2D eigenvalue weighted by atomic mass is 16.2. The summed E-state index contributed by atoms with van der Waals surface area (Å²) in [5, 5.41) is 2.51. The molecule has 0 aliphatic carbocycles. The van der Waals surface area contributed by atoms with Crippen molar-refractivity contribution in [2.45, 2.75) is 26.7 Å². The lowest BCUT2D eigenvalue weighted by Gasteiger charge is -2.06. The summed E-state index contributed by atoms with van der Waals surface area (Å²) in [5.74, 6) is 0.502. The van der Waals surface area contributed by atoms with Gasteiger partial charge < -0.3 is 11.1 Å². The van der Waals surface area contributed by atoms with Crippen LogP contribution in [0.3, 0.4) is 0 Å². The molecule has 0 saturated heterocycles. The molecule has 0 atom stereocenters. The number of hydrogen-bond acceptors (Lipinski definition) is 1. The van der Waals surface area contributed by atoms with Crippen LogP contribution in [-0.4, -0.2) is 6.03 Å². The number of carbonyl (C=O) groups is 1. The van der Waals surface area contributed by atoms with E-state index in [0.29, 0.717) is 5.92 Å². The molecular weight excluding hydrogens is 248 g/mol. The van der Waals surface area contributed by atoms with Crippen LogP contribution in [0.1, 0.15) is 30.9 Å². The molecule has 3 nitrogen and oxygen atoms in total. The minimum Gasteiger partial charge on any atom is -0.351 e. The number of aryl methyl sites for hydroxylation is 1. The van der Waals surface area contributed by atoms with E-state index in [2.05, 4.69) is 38.2 Å². The molecule has 2 aromatic carbocycles. The average Bonchev–Trinajstić information content (AvgIpc) is 2.40. The Morgan fingerprint density at radius 1 is 1.00 bits per heavy atom. The summed E-state index contributed by atoms with van der Waals surface area (Å²) in [6.07, 6.45) is 0. The van der Waals surface area contributed by atoms with E-state index in [1.807, 2.05) is 42.5 Å². The monoisotopic (exact) mass is 270 g/mol. The van der Waals surface area contributed by atoms with Crippen LogP contribution < -0.4 is 11.1 Å². The van der Waals surface area contributed by atoms with E-state index < -0.39 is 6.03 Å². The predicted octanol–water partition coefficient (Wildman–Crippen LogP) is 4.30. The molecule has 2 amide bonds. The fourth-order valence-electron chi connectivity index (χ4n) is 1.63. The molecule has 20 heavy (non-hydrogen) atoms. The highest BCUT2D eigenvalue weighted by Crippen LogP contribution is 2.16. The second kappa shape index (κ2) is 8.00. The van der Waals surface area contributed by atoms with Crippen molar-refractivity contribution < 1.29 is 4.79 Å². The van der Waals surface area contributed by atoms with Crippen LogP contribution in [0.4, 0.5) is 10.5 Å². The molecule has 0 heterocycles. The maximum absolute atomic E-state index is 10.5. The van der Waals surface area contributed by atoms with E-state index >= 15 is 0 Å². The van der Waals surface area contributed by atoms with E-state index in [-0.39, 0.29) is 0 Å². The van der Waals surface area contributed by atoms with Crippen molar-refractivity contribution in [3.63, 3.8) is 0 Å². The van der Waals surface area contributed by atoms with Crippen molar-refractivity contribution in [2.24, 2.45) is 5.73 Å². The van der Waals surface area contributed by atoms with Crippen LogP contribution in [0.5, 0.6) is 0 Å². The first-order valence-electron chi connectivity index (χ1n) is 6.67. The number of amides is 2. The van der Waals surface area contributed by atoms with Gasteiger partial charge in [0.15, 0.2) is 0 Å². The number of anilines is 1. The smallest absolute Gasteiger partial charge is 0.316 e. The quantitative estimate of drug-likeness (QED) is 0.840. The van der Waals surface area contributed by atoms with E-state index in [1.165, 1.54) is 11.1 Å². The molecule has 0 radical (unpaired) electrons. The maximum atomic E-state index is 10.5. The van der Waals surface area contributed by atoms with Gasteiger partial charge in [-0.1, -0.05) is 61.9 Å². The van der Waals surface area contributed by atoms with E-state index in [1.54, 1.807) is 0 Å². The third-order valence-electron chi connectivity index (χ3n) is 2.79. The summed E-state index contributed by atoms with van der Waals surface area (Å²) in [4.78, 5) is 10.5. The van der Waals surface area contributed by atoms with E-state index in [4.69, 9.17) is 5.73 Å². The Kier molecular flexibility index (Phi) is 6.30. The summed E-state index contributed by atoms with van der Waals surface area (Å²) < 4.78 is 0. The van der Waals surface area contributed by atoms with Gasteiger partial charge in [-0.05, 0) is 30.5 Å². The minimum atomic E-state index is -0.530. The van der Waals surface area contributed by atoms with Gasteiger partial charge >= 0.3 is 6.03 Å². The molecule has 0 aromatic heterocycles. The maximum Gasteiger partial charge on any atom is 0.316 e. The molecule has 0 bridgehead atoms. The lowest BCUT2D eigenvalue weighted by Crippen LogP contribution is -2.19. The van der Waals surface area contributed by atoms with Crippen LogP contribution in [0.15, 0.2) is 54.6 Å². The molecule has 0 aliphatic heterocycles. The Morgan fingerprint density at radius 3 is 1.90 bits per heavy atom. The highest BCUT2D eigenvalue weighted by molar-refractivity contribution is 5.87. The Labute approximate surface area is 120 Å². The zero-order valence-electron chi connectivity index (χ0n) is 12.3. The molecule has 106 valence electrons. The number of primary amides is 1. The number of nitrogens with two attached hydrogens (primary N) is 1. The summed E-state index contributed by atoms with van der Waals surface area (Å²) in [7, 11) is 0. The van der Waals surface area contributed by atoms with Crippen LogP contribution >= 0.6 is 0 Å². The second-order valence-corrected chi connectivity index (χ2v) is 4.92. The molecule has 3 heteroatoms. The number of rotatable bonds is 2.